The van der Waals surface area contributed by atoms with E-state index in [1.807, 2.05) is 12.4 Å². The van der Waals surface area contributed by atoms with E-state index in [1.165, 1.54) is 44.9 Å². The van der Waals surface area contributed by atoms with E-state index in [4.69, 9.17) is 4.98 Å². The first-order valence-corrected chi connectivity index (χ1v) is 8.17. The van der Waals surface area contributed by atoms with Crippen LogP contribution in [0.4, 0.5) is 5.82 Å². The Bertz CT molecular complexity index is 428. The molecule has 3 rings (SSSR count). The van der Waals surface area contributed by atoms with Gasteiger partial charge in [0.15, 0.2) is 0 Å². The fourth-order valence-corrected chi connectivity index (χ4v) is 3.09. The van der Waals surface area contributed by atoms with Crippen molar-refractivity contribution >= 4 is 5.82 Å². The molecule has 0 spiro atoms. The highest BCUT2D eigenvalue weighted by Gasteiger charge is 2.24. The molecule has 1 saturated heterocycles. The molecule has 20 heavy (non-hydrogen) atoms. The smallest absolute Gasteiger partial charge is 0.147 e. The number of hydrogen-bond donors (Lipinski definition) is 1. The van der Waals surface area contributed by atoms with Crippen molar-refractivity contribution in [1.29, 1.82) is 0 Å². The Kier molecular flexibility index (Phi) is 4.51. The minimum Gasteiger partial charge on any atom is -0.352 e. The molecule has 1 N–H and O–H groups in total. The van der Waals surface area contributed by atoms with Gasteiger partial charge >= 0.3 is 0 Å². The van der Waals surface area contributed by atoms with Crippen LogP contribution in [0.1, 0.15) is 57.6 Å². The van der Waals surface area contributed by atoms with Crippen LogP contribution in [0.5, 0.6) is 0 Å². The maximum absolute atomic E-state index is 4.83. The third-order valence-corrected chi connectivity index (χ3v) is 4.36. The molecule has 1 saturated carbocycles. The highest BCUT2D eigenvalue weighted by molar-refractivity contribution is 5.38. The molecule has 110 valence electrons. The minimum atomic E-state index is 0.662. The Morgan fingerprint density at radius 1 is 1.25 bits per heavy atom. The molecule has 4 heteroatoms. The summed E-state index contributed by atoms with van der Waals surface area (Å²) >= 11 is 0. The van der Waals surface area contributed by atoms with Crippen molar-refractivity contribution in [2.45, 2.75) is 70.5 Å². The van der Waals surface area contributed by atoms with E-state index in [0.29, 0.717) is 6.04 Å². The maximum Gasteiger partial charge on any atom is 0.147 e. The third kappa shape index (κ3) is 3.48. The lowest BCUT2D eigenvalue weighted by molar-refractivity contribution is 0.431. The van der Waals surface area contributed by atoms with Gasteiger partial charge in [-0.2, -0.15) is 0 Å². The van der Waals surface area contributed by atoms with E-state index < -0.39 is 0 Å². The minimum absolute atomic E-state index is 0.662. The van der Waals surface area contributed by atoms with Crippen LogP contribution >= 0.6 is 0 Å². The Morgan fingerprint density at radius 3 is 2.95 bits per heavy atom. The Hall–Kier alpha value is -1.16. The maximum atomic E-state index is 4.83. The van der Waals surface area contributed by atoms with Crippen LogP contribution in [0.2, 0.25) is 0 Å². The van der Waals surface area contributed by atoms with Gasteiger partial charge in [-0.1, -0.05) is 13.3 Å². The van der Waals surface area contributed by atoms with Gasteiger partial charge in [0.1, 0.15) is 5.82 Å². The van der Waals surface area contributed by atoms with E-state index >= 15 is 0 Å². The van der Waals surface area contributed by atoms with Crippen molar-refractivity contribution < 1.29 is 0 Å². The number of aromatic nitrogens is 2. The number of nitrogens with zero attached hydrogens (tertiary/aromatic N) is 3. The van der Waals surface area contributed by atoms with Crippen LogP contribution < -0.4 is 10.2 Å². The molecule has 1 unspecified atom stereocenters. The topological polar surface area (TPSA) is 41.1 Å². The summed E-state index contributed by atoms with van der Waals surface area (Å²) < 4.78 is 0. The second kappa shape index (κ2) is 6.53. The molecule has 1 aliphatic heterocycles. The van der Waals surface area contributed by atoms with E-state index in [2.05, 4.69) is 22.1 Å². The van der Waals surface area contributed by atoms with Gasteiger partial charge in [0, 0.05) is 31.4 Å². The van der Waals surface area contributed by atoms with Crippen LogP contribution in [-0.2, 0) is 6.54 Å². The molecule has 0 amide bonds. The zero-order valence-corrected chi connectivity index (χ0v) is 12.5. The van der Waals surface area contributed by atoms with Crippen molar-refractivity contribution in [3.63, 3.8) is 0 Å². The van der Waals surface area contributed by atoms with Gasteiger partial charge in [0.05, 0.1) is 11.9 Å². The summed E-state index contributed by atoms with van der Waals surface area (Å²) in [5.41, 5.74) is 1.08. The Labute approximate surface area is 122 Å². The average Bonchev–Trinajstić information content (AvgIpc) is 3.31. The summed E-state index contributed by atoms with van der Waals surface area (Å²) in [5.74, 6) is 1.08. The van der Waals surface area contributed by atoms with Crippen LogP contribution in [0.25, 0.3) is 0 Å². The zero-order chi connectivity index (χ0) is 13.8. The summed E-state index contributed by atoms with van der Waals surface area (Å²) in [7, 11) is 0. The molecule has 1 atom stereocenters. The summed E-state index contributed by atoms with van der Waals surface area (Å²) in [6.45, 7) is 4.27. The number of hydrogen-bond acceptors (Lipinski definition) is 4. The SMILES string of the molecule is CCCC1CCCCN1c1cncc(CNC2CC2)n1. The van der Waals surface area contributed by atoms with Gasteiger partial charge < -0.3 is 10.2 Å². The predicted octanol–water partition coefficient (Wildman–Crippen LogP) is 2.89. The Morgan fingerprint density at radius 2 is 2.15 bits per heavy atom. The van der Waals surface area contributed by atoms with Crippen molar-refractivity contribution in [3.8, 4) is 0 Å². The van der Waals surface area contributed by atoms with Crippen molar-refractivity contribution in [3.05, 3.63) is 18.1 Å². The molecule has 1 aromatic heterocycles. The lowest BCUT2D eigenvalue weighted by atomic mass is 9.98. The quantitative estimate of drug-likeness (QED) is 0.866. The van der Waals surface area contributed by atoms with Crippen LogP contribution in [-0.4, -0.2) is 28.6 Å². The first kappa shape index (κ1) is 13.8. The summed E-state index contributed by atoms with van der Waals surface area (Å²) in [5, 5.41) is 3.52. The largest absolute Gasteiger partial charge is 0.352 e. The molecule has 4 nitrogen and oxygen atoms in total. The monoisotopic (exact) mass is 274 g/mol. The molecular weight excluding hydrogens is 248 g/mol. The summed E-state index contributed by atoms with van der Waals surface area (Å²) in [6.07, 6.45) is 12.9. The fraction of sp³-hybridized carbons (Fsp3) is 0.750. The number of anilines is 1. The molecule has 2 fully saturated rings. The van der Waals surface area contributed by atoms with E-state index in [0.717, 1.165) is 30.6 Å². The summed E-state index contributed by atoms with van der Waals surface area (Å²) in [4.78, 5) is 11.7. The molecule has 0 radical (unpaired) electrons. The predicted molar refractivity (Wildman–Crippen MR) is 81.8 cm³/mol. The molecule has 2 aliphatic rings. The first-order valence-electron chi connectivity index (χ1n) is 8.17. The van der Waals surface area contributed by atoms with E-state index in [-0.39, 0.29) is 0 Å². The normalized spacial score (nSPS) is 23.1. The number of rotatable bonds is 6. The zero-order valence-electron chi connectivity index (χ0n) is 12.5. The van der Waals surface area contributed by atoms with Crippen LogP contribution in [0.3, 0.4) is 0 Å². The van der Waals surface area contributed by atoms with Gasteiger partial charge in [-0.05, 0) is 38.5 Å². The van der Waals surface area contributed by atoms with Crippen LogP contribution in [0, 0.1) is 0 Å². The summed E-state index contributed by atoms with van der Waals surface area (Å²) in [6, 6.07) is 1.39. The molecule has 1 aromatic rings. The average molecular weight is 274 g/mol. The van der Waals surface area contributed by atoms with Crippen molar-refractivity contribution in [1.82, 2.24) is 15.3 Å². The highest BCUT2D eigenvalue weighted by atomic mass is 15.2. The number of piperidine rings is 1. The van der Waals surface area contributed by atoms with E-state index in [1.54, 1.807) is 0 Å². The van der Waals surface area contributed by atoms with Gasteiger partial charge in [-0.15, -0.1) is 0 Å². The molecular formula is C16H26N4. The fourth-order valence-electron chi connectivity index (χ4n) is 3.09. The second-order valence-corrected chi connectivity index (χ2v) is 6.16. The van der Waals surface area contributed by atoms with E-state index in [9.17, 15) is 0 Å². The number of nitrogens with one attached hydrogen (secondary N) is 1. The van der Waals surface area contributed by atoms with Gasteiger partial charge in [-0.3, -0.25) is 4.98 Å². The van der Waals surface area contributed by atoms with Gasteiger partial charge in [0.25, 0.3) is 0 Å². The highest BCUT2D eigenvalue weighted by Crippen LogP contribution is 2.25. The third-order valence-electron chi connectivity index (χ3n) is 4.36. The van der Waals surface area contributed by atoms with Crippen molar-refractivity contribution in [2.75, 3.05) is 11.4 Å². The molecule has 1 aliphatic carbocycles. The van der Waals surface area contributed by atoms with Gasteiger partial charge in [-0.25, -0.2) is 4.98 Å². The van der Waals surface area contributed by atoms with Gasteiger partial charge in [0.2, 0.25) is 0 Å². The van der Waals surface area contributed by atoms with Crippen LogP contribution in [0.15, 0.2) is 12.4 Å². The van der Waals surface area contributed by atoms with Crippen molar-refractivity contribution in [2.24, 2.45) is 0 Å². The Balaban J connectivity index is 1.68. The molecule has 2 heterocycles. The molecule has 0 aromatic carbocycles. The first-order chi connectivity index (χ1) is 9.86. The lowest BCUT2D eigenvalue weighted by Gasteiger charge is -2.36. The lowest BCUT2D eigenvalue weighted by Crippen LogP contribution is -2.40. The second-order valence-electron chi connectivity index (χ2n) is 6.16. The standard InChI is InChI=1S/C16H26N4/c1-2-5-15-6-3-4-9-20(15)16-12-17-10-14(19-16)11-18-13-7-8-13/h10,12-13,15,18H,2-9,11H2,1H3. The molecule has 0 bridgehead atoms.